The summed E-state index contributed by atoms with van der Waals surface area (Å²) in [6.07, 6.45) is 0.969. The van der Waals surface area contributed by atoms with Crippen molar-refractivity contribution in [3.8, 4) is 0 Å². The number of nitrogens with two attached hydrogens (primary N) is 1. The van der Waals surface area contributed by atoms with E-state index in [-0.39, 0.29) is 22.0 Å². The smallest absolute Gasteiger partial charge is 0.311 e. The molecule has 0 atom stereocenters. The Hall–Kier alpha value is -1.30. The topological polar surface area (TPSA) is 82.0 Å². The van der Waals surface area contributed by atoms with Crippen molar-refractivity contribution in [1.82, 2.24) is 4.98 Å². The molecule has 0 bridgehead atoms. The fourth-order valence-corrected chi connectivity index (χ4v) is 0.798. The highest BCUT2D eigenvalue weighted by atomic mass is 35.5. The Bertz CT molecular complexity index is 344. The molecule has 5 nitrogen and oxygen atoms in total. The number of nitro groups is 1. The zero-order valence-electron chi connectivity index (χ0n) is 5.82. The molecule has 7 heteroatoms. The number of anilines is 1. The summed E-state index contributed by atoms with van der Waals surface area (Å²) in [5, 5.41) is 10.2. The van der Waals surface area contributed by atoms with E-state index in [4.69, 9.17) is 25.2 Å². The third-order valence-electron chi connectivity index (χ3n) is 1.26. The maximum atomic E-state index is 10.3. The number of hydrogen-bond acceptors (Lipinski definition) is 4. The van der Waals surface area contributed by atoms with E-state index in [2.05, 4.69) is 4.98 Å². The fourth-order valence-electron chi connectivity index (χ4n) is 0.653. The molecule has 60 valence electrons. The summed E-state index contributed by atoms with van der Waals surface area (Å²) in [7, 11) is 5.24. The Labute approximate surface area is 74.1 Å². The number of nitrogens with zero attached hydrogens (tertiary/aromatic N) is 2. The summed E-state index contributed by atoms with van der Waals surface area (Å²) in [6.45, 7) is 0. The van der Waals surface area contributed by atoms with Crippen molar-refractivity contribution < 1.29 is 4.92 Å². The predicted molar refractivity (Wildman–Crippen MR) is 45.7 cm³/mol. The van der Waals surface area contributed by atoms with Crippen LogP contribution < -0.4 is 11.3 Å². The maximum Gasteiger partial charge on any atom is 0.311 e. The first-order chi connectivity index (χ1) is 5.54. The van der Waals surface area contributed by atoms with Gasteiger partial charge in [0.15, 0.2) is 0 Å². The molecule has 0 aromatic carbocycles. The zero-order chi connectivity index (χ0) is 9.30. The van der Waals surface area contributed by atoms with Crippen LogP contribution in [0.25, 0.3) is 0 Å². The molecule has 1 rings (SSSR count). The highest BCUT2D eigenvalue weighted by Crippen LogP contribution is 2.25. The van der Waals surface area contributed by atoms with E-state index in [1.165, 1.54) is 0 Å². The largest absolute Gasteiger partial charge is 0.392 e. The molecule has 1 heterocycles. The minimum absolute atomic E-state index is 0.0141. The van der Waals surface area contributed by atoms with Gasteiger partial charge in [0.05, 0.1) is 9.95 Å². The molecular weight excluding hydrogens is 180 g/mol. The SMILES string of the molecule is [B]c1ncc([N+](=O)[O-])c(N)c1Cl. The van der Waals surface area contributed by atoms with Crippen LogP contribution in [0.1, 0.15) is 0 Å². The predicted octanol–water partition coefficient (Wildman–Crippen LogP) is 0.0192. The van der Waals surface area contributed by atoms with Gasteiger partial charge in [-0.3, -0.25) is 15.1 Å². The van der Waals surface area contributed by atoms with Crippen molar-refractivity contribution >= 4 is 36.4 Å². The number of pyridine rings is 1. The van der Waals surface area contributed by atoms with E-state index in [1.54, 1.807) is 0 Å². The summed E-state index contributed by atoms with van der Waals surface area (Å²) in [5.74, 6) is 0. The van der Waals surface area contributed by atoms with Gasteiger partial charge in [-0.15, -0.1) is 0 Å². The molecule has 1 aromatic heterocycles. The highest BCUT2D eigenvalue weighted by molar-refractivity contribution is 6.45. The Morgan fingerprint density at radius 3 is 2.83 bits per heavy atom. The first-order valence-electron chi connectivity index (χ1n) is 2.88. The van der Waals surface area contributed by atoms with Crippen LogP contribution in [0.4, 0.5) is 11.4 Å². The maximum absolute atomic E-state index is 10.3. The van der Waals surface area contributed by atoms with E-state index in [0.717, 1.165) is 6.20 Å². The average molecular weight is 183 g/mol. The first-order valence-corrected chi connectivity index (χ1v) is 3.25. The van der Waals surface area contributed by atoms with E-state index in [1.807, 2.05) is 0 Å². The summed E-state index contributed by atoms with van der Waals surface area (Å²) in [4.78, 5) is 13.1. The Morgan fingerprint density at radius 2 is 2.33 bits per heavy atom. The van der Waals surface area contributed by atoms with Gasteiger partial charge in [0.25, 0.3) is 0 Å². The van der Waals surface area contributed by atoms with Gasteiger partial charge in [-0.1, -0.05) is 11.6 Å². The number of halogens is 1. The lowest BCUT2D eigenvalue weighted by Gasteiger charge is -2.01. The molecule has 0 aliphatic rings. The Morgan fingerprint density at radius 1 is 1.75 bits per heavy atom. The van der Waals surface area contributed by atoms with E-state index in [0.29, 0.717) is 0 Å². The average Bonchev–Trinajstić information content (AvgIpc) is 2.00. The standard InChI is InChI=1S/C5H3BClN3O2/c6-5-3(7)4(8)2(1-9-5)10(11)12/h1H,(H2,8,9). The second-order valence-electron chi connectivity index (χ2n) is 2.01. The van der Waals surface area contributed by atoms with Gasteiger partial charge in [-0.05, 0) is 0 Å². The molecule has 0 spiro atoms. The summed E-state index contributed by atoms with van der Waals surface area (Å²) in [5.41, 5.74) is 4.78. The van der Waals surface area contributed by atoms with Gasteiger partial charge in [0.2, 0.25) is 0 Å². The third-order valence-corrected chi connectivity index (χ3v) is 1.66. The zero-order valence-corrected chi connectivity index (χ0v) is 6.58. The second kappa shape index (κ2) is 2.98. The highest BCUT2D eigenvalue weighted by Gasteiger charge is 2.15. The van der Waals surface area contributed by atoms with Crippen LogP contribution in [0.2, 0.25) is 5.02 Å². The molecule has 0 saturated carbocycles. The van der Waals surface area contributed by atoms with Crippen LogP contribution in [-0.4, -0.2) is 17.8 Å². The van der Waals surface area contributed by atoms with Crippen molar-refractivity contribution in [3.05, 3.63) is 21.3 Å². The lowest BCUT2D eigenvalue weighted by molar-refractivity contribution is -0.384. The molecule has 2 radical (unpaired) electrons. The van der Waals surface area contributed by atoms with Crippen molar-refractivity contribution in [2.24, 2.45) is 0 Å². The lowest BCUT2D eigenvalue weighted by atomic mass is 10.0. The summed E-state index contributed by atoms with van der Waals surface area (Å²) >= 11 is 5.51. The molecular formula is C5H3BClN3O2. The van der Waals surface area contributed by atoms with Crippen LogP contribution in [0.5, 0.6) is 0 Å². The van der Waals surface area contributed by atoms with Crippen molar-refractivity contribution in [1.29, 1.82) is 0 Å². The number of hydrogen-bond donors (Lipinski definition) is 1. The van der Waals surface area contributed by atoms with Crippen molar-refractivity contribution in [2.45, 2.75) is 0 Å². The first kappa shape index (κ1) is 8.80. The molecule has 0 fully saturated rings. The van der Waals surface area contributed by atoms with Crippen molar-refractivity contribution in [3.63, 3.8) is 0 Å². The van der Waals surface area contributed by atoms with Crippen LogP contribution in [0.3, 0.4) is 0 Å². The van der Waals surface area contributed by atoms with E-state index < -0.39 is 4.92 Å². The summed E-state index contributed by atoms with van der Waals surface area (Å²) in [6, 6.07) is 0. The van der Waals surface area contributed by atoms with Crippen LogP contribution in [-0.2, 0) is 0 Å². The van der Waals surface area contributed by atoms with Crippen molar-refractivity contribution in [2.75, 3.05) is 5.73 Å². The van der Waals surface area contributed by atoms with Gasteiger partial charge < -0.3 is 5.73 Å². The molecule has 1 aromatic rings. The molecule has 2 N–H and O–H groups in total. The molecule has 12 heavy (non-hydrogen) atoms. The molecule has 0 aliphatic heterocycles. The molecule has 0 aliphatic carbocycles. The van der Waals surface area contributed by atoms with Crippen LogP contribution in [0, 0.1) is 10.1 Å². The monoisotopic (exact) mass is 183 g/mol. The normalized spacial score (nSPS) is 9.75. The molecule has 0 unspecified atom stereocenters. The quantitative estimate of drug-likeness (QED) is 0.378. The minimum Gasteiger partial charge on any atom is -0.392 e. The molecule has 0 saturated heterocycles. The van der Waals surface area contributed by atoms with Gasteiger partial charge in [-0.2, -0.15) is 0 Å². The second-order valence-corrected chi connectivity index (χ2v) is 2.39. The van der Waals surface area contributed by atoms with E-state index in [9.17, 15) is 10.1 Å². The van der Waals surface area contributed by atoms with Gasteiger partial charge in [-0.25, -0.2) is 0 Å². The third kappa shape index (κ3) is 1.33. The minimum atomic E-state index is -0.673. The lowest BCUT2D eigenvalue weighted by Crippen LogP contribution is -2.12. The summed E-state index contributed by atoms with van der Waals surface area (Å²) < 4.78 is 0. The Kier molecular flexibility index (Phi) is 2.19. The molecule has 0 amide bonds. The number of aromatic nitrogens is 1. The number of nitrogen functional groups attached to an aromatic ring is 1. The number of rotatable bonds is 1. The van der Waals surface area contributed by atoms with Crippen LogP contribution >= 0.6 is 11.6 Å². The van der Waals surface area contributed by atoms with Gasteiger partial charge >= 0.3 is 5.69 Å². The fraction of sp³-hybridized carbons (Fsp3) is 0. The van der Waals surface area contributed by atoms with Gasteiger partial charge in [0, 0.05) is 5.59 Å². The van der Waals surface area contributed by atoms with Gasteiger partial charge in [0.1, 0.15) is 19.7 Å². The van der Waals surface area contributed by atoms with E-state index >= 15 is 0 Å². The Balaban J connectivity index is 3.36. The van der Waals surface area contributed by atoms with Crippen LogP contribution in [0.15, 0.2) is 6.20 Å².